The van der Waals surface area contributed by atoms with Gasteiger partial charge < -0.3 is 14.4 Å². The first kappa shape index (κ1) is 17.8. The maximum atomic E-state index is 11.8. The highest BCUT2D eigenvalue weighted by Crippen LogP contribution is 2.32. The Balaban J connectivity index is 1.53. The molecular weight excluding hydrogens is 316 g/mol. The predicted molar refractivity (Wildman–Crippen MR) is 97.8 cm³/mol. The largest absolute Gasteiger partial charge is 0.493 e. The van der Waals surface area contributed by atoms with Gasteiger partial charge in [0, 0.05) is 13.0 Å². The molecular formula is C20H29N2O3+. The average Bonchev–Trinajstić information content (AvgIpc) is 2.61. The summed E-state index contributed by atoms with van der Waals surface area (Å²) in [5.74, 6) is 2.41. The SMILES string of the molecule is COc1cc(C)ccc1OC1CCC(C=[N+]2CCN(C)C(=O)C2)CC1. The van der Waals surface area contributed by atoms with Crippen molar-refractivity contribution in [1.82, 2.24) is 4.90 Å². The van der Waals surface area contributed by atoms with E-state index in [9.17, 15) is 4.79 Å². The molecule has 2 fully saturated rings. The first-order chi connectivity index (χ1) is 12.0. The van der Waals surface area contributed by atoms with Crippen molar-refractivity contribution < 1.29 is 18.8 Å². The van der Waals surface area contributed by atoms with E-state index in [0.29, 0.717) is 12.5 Å². The lowest BCUT2D eigenvalue weighted by Crippen LogP contribution is -2.45. The van der Waals surface area contributed by atoms with Gasteiger partial charge in [-0.15, -0.1) is 0 Å². The minimum atomic E-state index is 0.214. The zero-order chi connectivity index (χ0) is 17.8. The summed E-state index contributed by atoms with van der Waals surface area (Å²) in [5, 5.41) is 0. The quantitative estimate of drug-likeness (QED) is 0.788. The van der Waals surface area contributed by atoms with Crippen molar-refractivity contribution in [3.8, 4) is 11.5 Å². The monoisotopic (exact) mass is 345 g/mol. The minimum absolute atomic E-state index is 0.214. The van der Waals surface area contributed by atoms with Crippen LogP contribution in [0.25, 0.3) is 0 Å². The number of ether oxygens (including phenoxy) is 2. The normalized spacial score (nSPS) is 26.0. The summed E-state index contributed by atoms with van der Waals surface area (Å²) in [4.78, 5) is 13.6. The second-order valence-electron chi connectivity index (χ2n) is 7.24. The van der Waals surface area contributed by atoms with Crippen LogP contribution in [0.2, 0.25) is 0 Å². The number of likely N-dealkylation sites (N-methyl/N-ethyl adjacent to an activating group) is 1. The van der Waals surface area contributed by atoms with Crippen molar-refractivity contribution in [3.05, 3.63) is 23.8 Å². The number of carbonyl (C=O) groups excluding carboxylic acids is 1. The lowest BCUT2D eigenvalue weighted by Gasteiger charge is -2.28. The number of benzene rings is 1. The molecule has 1 saturated carbocycles. The van der Waals surface area contributed by atoms with Crippen LogP contribution in [0.5, 0.6) is 11.5 Å². The van der Waals surface area contributed by atoms with Crippen molar-refractivity contribution >= 4 is 12.1 Å². The lowest BCUT2D eigenvalue weighted by molar-refractivity contribution is -0.522. The van der Waals surface area contributed by atoms with E-state index < -0.39 is 0 Å². The zero-order valence-corrected chi connectivity index (χ0v) is 15.5. The highest BCUT2D eigenvalue weighted by atomic mass is 16.5. The fourth-order valence-corrected chi connectivity index (χ4v) is 3.61. The molecule has 1 aromatic carbocycles. The first-order valence-electron chi connectivity index (χ1n) is 9.19. The van der Waals surface area contributed by atoms with E-state index in [1.54, 1.807) is 7.11 Å². The Morgan fingerprint density at radius 3 is 2.64 bits per heavy atom. The number of methoxy groups -OCH3 is 1. The van der Waals surface area contributed by atoms with Crippen LogP contribution in [-0.2, 0) is 4.79 Å². The van der Waals surface area contributed by atoms with Gasteiger partial charge in [-0.05, 0) is 50.3 Å². The second kappa shape index (κ2) is 7.89. The van der Waals surface area contributed by atoms with Crippen molar-refractivity contribution in [2.75, 3.05) is 33.8 Å². The highest BCUT2D eigenvalue weighted by molar-refractivity contribution is 5.78. The molecule has 1 aliphatic carbocycles. The summed E-state index contributed by atoms with van der Waals surface area (Å²) in [6.45, 7) is 4.34. The number of carbonyl (C=O) groups is 1. The van der Waals surface area contributed by atoms with Crippen LogP contribution < -0.4 is 9.47 Å². The molecule has 3 rings (SSSR count). The van der Waals surface area contributed by atoms with Crippen molar-refractivity contribution in [3.63, 3.8) is 0 Å². The molecule has 1 aromatic rings. The van der Waals surface area contributed by atoms with Crippen LogP contribution in [0.3, 0.4) is 0 Å². The summed E-state index contributed by atoms with van der Waals surface area (Å²) < 4.78 is 13.8. The summed E-state index contributed by atoms with van der Waals surface area (Å²) in [6.07, 6.45) is 6.84. The zero-order valence-electron chi connectivity index (χ0n) is 15.5. The average molecular weight is 345 g/mol. The molecule has 5 nitrogen and oxygen atoms in total. The van der Waals surface area contributed by atoms with E-state index >= 15 is 0 Å². The molecule has 136 valence electrons. The molecule has 0 atom stereocenters. The molecule has 1 saturated heterocycles. The van der Waals surface area contributed by atoms with Crippen LogP contribution in [0.15, 0.2) is 18.2 Å². The molecule has 2 aliphatic rings. The highest BCUT2D eigenvalue weighted by Gasteiger charge is 2.28. The third kappa shape index (κ3) is 4.53. The van der Waals surface area contributed by atoms with Gasteiger partial charge in [0.1, 0.15) is 6.21 Å². The maximum Gasteiger partial charge on any atom is 0.288 e. The van der Waals surface area contributed by atoms with E-state index in [2.05, 4.69) is 23.8 Å². The van der Waals surface area contributed by atoms with Gasteiger partial charge in [-0.1, -0.05) is 6.07 Å². The van der Waals surface area contributed by atoms with Gasteiger partial charge in [0.2, 0.25) is 6.54 Å². The minimum Gasteiger partial charge on any atom is -0.493 e. The number of piperazine rings is 1. The molecule has 0 aromatic heterocycles. The number of rotatable bonds is 4. The molecule has 0 spiro atoms. The lowest BCUT2D eigenvalue weighted by atomic mass is 9.88. The Bertz CT molecular complexity index is 648. The Labute approximate surface area is 150 Å². The first-order valence-corrected chi connectivity index (χ1v) is 9.19. The van der Waals surface area contributed by atoms with Crippen molar-refractivity contribution in [1.29, 1.82) is 0 Å². The smallest absolute Gasteiger partial charge is 0.288 e. The second-order valence-corrected chi connectivity index (χ2v) is 7.24. The summed E-state index contributed by atoms with van der Waals surface area (Å²) >= 11 is 0. The van der Waals surface area contributed by atoms with Crippen LogP contribution in [0.4, 0.5) is 0 Å². The van der Waals surface area contributed by atoms with Crippen LogP contribution in [-0.4, -0.2) is 61.5 Å². The van der Waals surface area contributed by atoms with E-state index in [-0.39, 0.29) is 12.0 Å². The fraction of sp³-hybridized carbons (Fsp3) is 0.600. The maximum absolute atomic E-state index is 11.8. The summed E-state index contributed by atoms with van der Waals surface area (Å²) in [6, 6.07) is 6.07. The number of nitrogens with zero attached hydrogens (tertiary/aromatic N) is 2. The number of hydrogen-bond acceptors (Lipinski definition) is 3. The van der Waals surface area contributed by atoms with Gasteiger partial charge in [0.25, 0.3) is 5.91 Å². The predicted octanol–water partition coefficient (Wildman–Crippen LogP) is 2.50. The molecule has 0 N–H and O–H groups in total. The Morgan fingerprint density at radius 2 is 1.96 bits per heavy atom. The third-order valence-corrected chi connectivity index (χ3v) is 5.24. The molecule has 0 radical (unpaired) electrons. The number of aryl methyl sites for hydroxylation is 1. The molecule has 25 heavy (non-hydrogen) atoms. The Kier molecular flexibility index (Phi) is 5.61. The van der Waals surface area contributed by atoms with Crippen LogP contribution >= 0.6 is 0 Å². The van der Waals surface area contributed by atoms with Crippen molar-refractivity contribution in [2.24, 2.45) is 5.92 Å². The number of amides is 1. The molecule has 0 bridgehead atoms. The van der Waals surface area contributed by atoms with E-state index in [4.69, 9.17) is 9.47 Å². The third-order valence-electron chi connectivity index (χ3n) is 5.24. The standard InChI is InChI=1S/C20H29N2O3/c1-15-4-9-18(19(12-15)24-3)25-17-7-5-16(6-8-17)13-22-11-10-21(2)20(23)14-22/h4,9,12-13,16-17H,5-8,10-11,14H2,1-3H3/q+1. The molecule has 1 amide bonds. The van der Waals surface area contributed by atoms with Gasteiger partial charge in [-0.3, -0.25) is 4.79 Å². The topological polar surface area (TPSA) is 41.8 Å². The van der Waals surface area contributed by atoms with Gasteiger partial charge >= 0.3 is 0 Å². The Hall–Kier alpha value is -2.04. The van der Waals surface area contributed by atoms with Gasteiger partial charge in [-0.2, -0.15) is 0 Å². The van der Waals surface area contributed by atoms with Gasteiger partial charge in [-0.25, -0.2) is 4.58 Å². The molecule has 1 heterocycles. The van der Waals surface area contributed by atoms with E-state index in [1.165, 1.54) is 5.56 Å². The summed E-state index contributed by atoms with van der Waals surface area (Å²) in [7, 11) is 3.56. The molecule has 1 aliphatic heterocycles. The molecule has 5 heteroatoms. The van der Waals surface area contributed by atoms with Gasteiger partial charge in [0.15, 0.2) is 18.0 Å². The van der Waals surface area contributed by atoms with Crippen molar-refractivity contribution in [2.45, 2.75) is 38.7 Å². The van der Waals surface area contributed by atoms with Gasteiger partial charge in [0.05, 0.1) is 19.8 Å². The molecule has 0 unspecified atom stereocenters. The van der Waals surface area contributed by atoms with Crippen LogP contribution in [0.1, 0.15) is 31.2 Å². The summed E-state index contributed by atoms with van der Waals surface area (Å²) in [5.41, 5.74) is 1.17. The van der Waals surface area contributed by atoms with E-state index in [1.807, 2.05) is 24.1 Å². The fourth-order valence-electron chi connectivity index (χ4n) is 3.61. The van der Waals surface area contributed by atoms with E-state index in [0.717, 1.165) is 50.3 Å². The van der Waals surface area contributed by atoms with Crippen LogP contribution in [0, 0.1) is 12.8 Å². The Morgan fingerprint density at radius 1 is 1.20 bits per heavy atom. The number of hydrogen-bond donors (Lipinski definition) is 0.